The van der Waals surface area contributed by atoms with Crippen LogP contribution in [0.15, 0.2) is 218 Å². The third-order valence-electron chi connectivity index (χ3n) is 12.7. The lowest BCUT2D eigenvalue weighted by molar-refractivity contribution is -0.677. The van der Waals surface area contributed by atoms with Crippen molar-refractivity contribution in [3.63, 3.8) is 0 Å². The van der Waals surface area contributed by atoms with Gasteiger partial charge in [-0.15, -0.1) is 11.3 Å². The van der Waals surface area contributed by atoms with E-state index in [-0.39, 0.29) is 0 Å². The molecular formula is C59H37N4S+. The molecule has 5 heteroatoms. The molecule has 0 aliphatic carbocycles. The fourth-order valence-corrected chi connectivity index (χ4v) is 10.9. The van der Waals surface area contributed by atoms with Crippen LogP contribution in [0.4, 0.5) is 17.1 Å². The average Bonchev–Trinajstić information content (AvgIpc) is 3.93. The Morgan fingerprint density at radius 2 is 0.953 bits per heavy atom. The molecule has 9 aromatic carbocycles. The molecular weight excluding hydrogens is 797 g/mol. The number of aromatic nitrogens is 3. The van der Waals surface area contributed by atoms with E-state index >= 15 is 0 Å². The third-order valence-corrected chi connectivity index (χ3v) is 13.9. The van der Waals surface area contributed by atoms with Gasteiger partial charge in [0.1, 0.15) is 17.1 Å². The highest BCUT2D eigenvalue weighted by Crippen LogP contribution is 2.44. The van der Waals surface area contributed by atoms with Gasteiger partial charge in [-0.1, -0.05) is 158 Å². The van der Waals surface area contributed by atoms with Crippen molar-refractivity contribution in [2.75, 3.05) is 0 Å². The number of pyridine rings is 1. The zero-order chi connectivity index (χ0) is 42.1. The molecule has 1 N–H and O–H groups in total. The minimum absolute atomic E-state index is 0.699. The first-order valence-electron chi connectivity index (χ1n) is 21.7. The Hall–Kier alpha value is -8.09. The van der Waals surface area contributed by atoms with E-state index in [1.54, 1.807) is 0 Å². The van der Waals surface area contributed by atoms with Gasteiger partial charge in [0.2, 0.25) is 0 Å². The van der Waals surface area contributed by atoms with Gasteiger partial charge >= 0.3 is 0 Å². The van der Waals surface area contributed by atoms with Crippen molar-refractivity contribution in [1.82, 2.24) is 15.0 Å². The molecule has 64 heavy (non-hydrogen) atoms. The number of rotatable bonds is 6. The number of nitrogens with one attached hydrogen (secondary N) is 1. The molecule has 4 nitrogen and oxygen atoms in total. The lowest BCUT2D eigenvalue weighted by Crippen LogP contribution is -2.95. The highest BCUT2D eigenvalue weighted by atomic mass is 32.1. The van der Waals surface area contributed by atoms with Crippen LogP contribution in [0.5, 0.6) is 0 Å². The van der Waals surface area contributed by atoms with Crippen molar-refractivity contribution in [1.29, 1.82) is 0 Å². The van der Waals surface area contributed by atoms with Crippen LogP contribution in [0.25, 0.3) is 109 Å². The van der Waals surface area contributed by atoms with Crippen molar-refractivity contribution >= 4 is 70.2 Å². The topological polar surface area (TPSA) is 43.1 Å². The molecule has 0 saturated heterocycles. The standard InChI is InChI=1S/C59H36N4S/c1-2-13-41(14-3-1)59-61-50(36-51(62-59)44-17-12-18-45(33-44)63-53-22-9-6-19-46(53)47-20-7-10-23-54(47)63)39-29-25-37(26-30-39)38-27-31-40(32-28-38)57-56-48-21-8-11-24-55(48)64-58(56)49-34-42-15-4-5-16-43(42)35-52(49)60-57/h1-36H/p+1. The number of fused-ring (bicyclic) bond motifs is 9. The van der Waals surface area contributed by atoms with Crippen LogP contribution in [-0.2, 0) is 0 Å². The lowest BCUT2D eigenvalue weighted by Gasteiger charge is -2.16. The molecule has 0 radical (unpaired) electrons. The van der Waals surface area contributed by atoms with Crippen LogP contribution < -0.4 is 4.90 Å². The van der Waals surface area contributed by atoms with Crippen LogP contribution in [0, 0.1) is 0 Å². The molecule has 1 aliphatic heterocycles. The van der Waals surface area contributed by atoms with Crippen molar-refractivity contribution in [2.24, 2.45) is 0 Å². The third kappa shape index (κ3) is 6.05. The molecule has 1 aliphatic rings. The number of hydrogen-bond donors (Lipinski definition) is 1. The minimum Gasteiger partial charge on any atom is -0.247 e. The van der Waals surface area contributed by atoms with Gasteiger partial charge in [0, 0.05) is 77.1 Å². The van der Waals surface area contributed by atoms with Crippen LogP contribution >= 0.6 is 11.3 Å². The summed E-state index contributed by atoms with van der Waals surface area (Å²) < 4.78 is 2.56. The Balaban J connectivity index is 0.862. The second kappa shape index (κ2) is 14.8. The summed E-state index contributed by atoms with van der Waals surface area (Å²) in [6.07, 6.45) is 0. The second-order valence-electron chi connectivity index (χ2n) is 16.5. The van der Waals surface area contributed by atoms with Gasteiger partial charge in [-0.25, -0.2) is 19.9 Å². The molecule has 0 fully saturated rings. The smallest absolute Gasteiger partial charge is 0.160 e. The summed E-state index contributed by atoms with van der Waals surface area (Å²) in [4.78, 5) is 17.0. The maximum absolute atomic E-state index is 5.39. The van der Waals surface area contributed by atoms with E-state index in [2.05, 4.69) is 200 Å². The van der Waals surface area contributed by atoms with E-state index in [0.717, 1.165) is 56.0 Å². The van der Waals surface area contributed by atoms with Gasteiger partial charge in [0.15, 0.2) is 5.82 Å². The van der Waals surface area contributed by atoms with Crippen LogP contribution in [0.3, 0.4) is 0 Å². The molecule has 298 valence electrons. The van der Waals surface area contributed by atoms with E-state index in [1.807, 2.05) is 29.5 Å². The fourth-order valence-electron chi connectivity index (χ4n) is 9.63. The zero-order valence-corrected chi connectivity index (χ0v) is 35.4. The Kier molecular flexibility index (Phi) is 8.44. The van der Waals surface area contributed by atoms with Crippen LogP contribution in [-0.4, -0.2) is 15.0 Å². The first-order valence-corrected chi connectivity index (χ1v) is 22.5. The van der Waals surface area contributed by atoms with E-state index in [0.29, 0.717) is 5.82 Å². The largest absolute Gasteiger partial charge is 0.247 e. The molecule has 0 unspecified atom stereocenters. The molecule has 0 spiro atoms. The highest BCUT2D eigenvalue weighted by molar-refractivity contribution is 7.26. The normalized spacial score (nSPS) is 12.3. The summed E-state index contributed by atoms with van der Waals surface area (Å²) in [5, 5.41) is 6.11. The van der Waals surface area contributed by atoms with Gasteiger partial charge in [-0.3, -0.25) is 0 Å². The Bertz CT molecular complexity index is 3740. The van der Waals surface area contributed by atoms with Crippen molar-refractivity contribution in [3.05, 3.63) is 218 Å². The first-order chi connectivity index (χ1) is 31.7. The summed E-state index contributed by atoms with van der Waals surface area (Å²) in [5.74, 6) is 0.699. The molecule has 0 atom stereocenters. The van der Waals surface area contributed by atoms with Gasteiger partial charge < -0.3 is 0 Å². The monoisotopic (exact) mass is 833 g/mol. The molecule has 4 heterocycles. The lowest BCUT2D eigenvalue weighted by atomic mass is 9.98. The van der Waals surface area contributed by atoms with Gasteiger partial charge in [-0.05, 0) is 64.4 Å². The molecule has 13 rings (SSSR count). The Morgan fingerprint density at radius 3 is 1.69 bits per heavy atom. The minimum atomic E-state index is 0.699. The van der Waals surface area contributed by atoms with Crippen LogP contribution in [0.1, 0.15) is 0 Å². The maximum atomic E-state index is 5.39. The predicted molar refractivity (Wildman–Crippen MR) is 267 cm³/mol. The summed E-state index contributed by atoms with van der Waals surface area (Å²) in [7, 11) is 0. The number of hydrogen-bond acceptors (Lipinski definition) is 4. The van der Waals surface area contributed by atoms with E-state index < -0.39 is 0 Å². The van der Waals surface area contributed by atoms with E-state index in [1.165, 1.54) is 69.4 Å². The number of benzene rings is 9. The second-order valence-corrected chi connectivity index (χ2v) is 17.6. The van der Waals surface area contributed by atoms with Gasteiger partial charge in [0.25, 0.3) is 0 Å². The molecule has 0 amide bonds. The highest BCUT2D eigenvalue weighted by Gasteiger charge is 2.33. The summed E-state index contributed by atoms with van der Waals surface area (Å²) in [5.41, 5.74) is 16.5. The molecule has 0 bridgehead atoms. The molecule has 0 saturated carbocycles. The number of quaternary nitrogens is 1. The van der Waals surface area contributed by atoms with E-state index in [9.17, 15) is 0 Å². The van der Waals surface area contributed by atoms with Gasteiger partial charge in [0.05, 0.1) is 22.6 Å². The first kappa shape index (κ1) is 36.6. The summed E-state index contributed by atoms with van der Waals surface area (Å²) in [6.45, 7) is 0. The zero-order valence-electron chi connectivity index (χ0n) is 34.5. The quantitative estimate of drug-likeness (QED) is 0.170. The number of para-hydroxylation sites is 2. The summed E-state index contributed by atoms with van der Waals surface area (Å²) in [6, 6.07) is 78.1. The van der Waals surface area contributed by atoms with Crippen LogP contribution in [0.2, 0.25) is 0 Å². The Labute approximate surface area is 374 Å². The summed E-state index contributed by atoms with van der Waals surface area (Å²) >= 11 is 1.86. The SMILES string of the molecule is c1ccc(-c2nc(-c3ccc(-c4ccc(-c5nc6cc7ccccc7cc6c6sc7ccccc7c56)cc4)cc3)cc(-c3cccc([NH+]4c5ccccc5-c5ccccc54)c3)n2)cc1. The van der Waals surface area contributed by atoms with Crippen molar-refractivity contribution in [3.8, 4) is 67.4 Å². The Morgan fingerprint density at radius 1 is 0.375 bits per heavy atom. The molecule has 12 aromatic rings. The van der Waals surface area contributed by atoms with Crippen molar-refractivity contribution < 1.29 is 4.90 Å². The van der Waals surface area contributed by atoms with Crippen molar-refractivity contribution in [2.45, 2.75) is 0 Å². The van der Waals surface area contributed by atoms with E-state index in [4.69, 9.17) is 15.0 Å². The van der Waals surface area contributed by atoms with Gasteiger partial charge in [-0.2, -0.15) is 0 Å². The molecule has 3 aromatic heterocycles. The maximum Gasteiger partial charge on any atom is 0.160 e. The fraction of sp³-hybridized carbons (Fsp3) is 0. The average molecular weight is 834 g/mol. The number of nitrogens with zero attached hydrogens (tertiary/aromatic N) is 3. The predicted octanol–water partition coefficient (Wildman–Crippen LogP) is 15.0. The number of thiophene rings is 1.